The zero-order valence-corrected chi connectivity index (χ0v) is 18.8. The van der Waals surface area contributed by atoms with Crippen LogP contribution in [0.2, 0.25) is 0 Å². The van der Waals surface area contributed by atoms with Crippen molar-refractivity contribution in [3.63, 3.8) is 0 Å². The molecule has 9 heteroatoms. The lowest BCUT2D eigenvalue weighted by Crippen LogP contribution is -2.54. The van der Waals surface area contributed by atoms with Crippen molar-refractivity contribution < 1.29 is 28.2 Å². The minimum Gasteiger partial charge on any atom is -0.467 e. The Morgan fingerprint density at radius 2 is 2.09 bits per heavy atom. The van der Waals surface area contributed by atoms with Crippen LogP contribution in [0.15, 0.2) is 12.1 Å². The van der Waals surface area contributed by atoms with Gasteiger partial charge in [0.1, 0.15) is 23.7 Å². The third-order valence-electron chi connectivity index (χ3n) is 6.39. The average Bonchev–Trinajstić information content (AvgIpc) is 2.89. The number of halogens is 1. The molecule has 1 aromatic carbocycles. The maximum absolute atomic E-state index is 13.9. The van der Waals surface area contributed by atoms with Crippen molar-refractivity contribution >= 4 is 17.8 Å². The second-order valence-corrected chi connectivity index (χ2v) is 10.0. The van der Waals surface area contributed by atoms with Gasteiger partial charge in [0, 0.05) is 12.1 Å². The van der Waals surface area contributed by atoms with Gasteiger partial charge in [0.05, 0.1) is 6.61 Å². The summed E-state index contributed by atoms with van der Waals surface area (Å²) in [4.78, 5) is 39.2. The van der Waals surface area contributed by atoms with E-state index < -0.39 is 23.3 Å². The summed E-state index contributed by atoms with van der Waals surface area (Å²) in [6.45, 7) is 6.53. The molecule has 1 saturated heterocycles. The number of rotatable bonds is 5. The van der Waals surface area contributed by atoms with Crippen LogP contribution in [-0.2, 0) is 27.4 Å². The average molecular weight is 448 g/mol. The second-order valence-electron chi connectivity index (χ2n) is 10.0. The fourth-order valence-corrected chi connectivity index (χ4v) is 5.63. The molecule has 0 aromatic heterocycles. The molecule has 1 aromatic rings. The standard InChI is InChI=1S/C23H30FN3O5/c1-14-8-22(2,3)12-23(9-14)20(29)27(21(30)26-23)10-18(28)25-5-4-15-6-17(24)7-16-11-31-13-32-19(15)16/h6-7,14H,4-5,8-13H2,1-3H3,(H,25,28)(H,26,30)/t14-,23-/m0/s1. The third-order valence-corrected chi connectivity index (χ3v) is 6.39. The number of urea groups is 1. The van der Waals surface area contributed by atoms with E-state index in [-0.39, 0.29) is 37.8 Å². The molecule has 0 bridgehead atoms. The summed E-state index contributed by atoms with van der Waals surface area (Å²) >= 11 is 0. The van der Waals surface area contributed by atoms with E-state index in [1.807, 2.05) is 0 Å². The first-order chi connectivity index (χ1) is 15.1. The van der Waals surface area contributed by atoms with Crippen LogP contribution in [0, 0.1) is 17.2 Å². The maximum Gasteiger partial charge on any atom is 0.325 e. The summed E-state index contributed by atoms with van der Waals surface area (Å²) in [5.41, 5.74) is 0.261. The SMILES string of the molecule is C[C@H]1CC(C)(C)C[C@]2(C1)NC(=O)N(CC(=O)NCCc1cc(F)cc3c1OCOC3)C2=O. The van der Waals surface area contributed by atoms with Crippen LogP contribution in [0.25, 0.3) is 0 Å². The van der Waals surface area contributed by atoms with Crippen molar-refractivity contribution in [2.24, 2.45) is 11.3 Å². The van der Waals surface area contributed by atoms with Gasteiger partial charge in [-0.15, -0.1) is 0 Å². The predicted octanol–water partition coefficient (Wildman–Crippen LogP) is 2.49. The topological polar surface area (TPSA) is 97.0 Å². The van der Waals surface area contributed by atoms with Gasteiger partial charge in [-0.1, -0.05) is 20.8 Å². The summed E-state index contributed by atoms with van der Waals surface area (Å²) in [7, 11) is 0. The summed E-state index contributed by atoms with van der Waals surface area (Å²) in [6.07, 6.45) is 2.47. The molecule has 2 N–H and O–H groups in total. The van der Waals surface area contributed by atoms with Gasteiger partial charge >= 0.3 is 6.03 Å². The van der Waals surface area contributed by atoms with Crippen LogP contribution in [0.3, 0.4) is 0 Å². The Kier molecular flexibility index (Phi) is 5.87. The molecule has 2 fully saturated rings. The molecular formula is C23H30FN3O5. The van der Waals surface area contributed by atoms with Crippen LogP contribution in [0.5, 0.6) is 5.75 Å². The van der Waals surface area contributed by atoms with Gasteiger partial charge in [-0.2, -0.15) is 0 Å². The van der Waals surface area contributed by atoms with Crippen LogP contribution >= 0.6 is 0 Å². The largest absolute Gasteiger partial charge is 0.467 e. The smallest absolute Gasteiger partial charge is 0.325 e. The molecule has 4 amide bonds. The maximum atomic E-state index is 13.9. The minimum absolute atomic E-state index is 0.0733. The van der Waals surface area contributed by atoms with E-state index in [1.54, 1.807) is 0 Å². The number of amides is 4. The molecule has 3 aliphatic rings. The fraction of sp³-hybridized carbons (Fsp3) is 0.609. The highest BCUT2D eigenvalue weighted by atomic mass is 19.1. The number of nitrogens with one attached hydrogen (secondary N) is 2. The monoisotopic (exact) mass is 447 g/mol. The highest BCUT2D eigenvalue weighted by Gasteiger charge is 2.56. The van der Waals surface area contributed by atoms with Gasteiger partial charge in [-0.25, -0.2) is 9.18 Å². The Labute approximate surface area is 186 Å². The van der Waals surface area contributed by atoms with Crippen LogP contribution in [-0.4, -0.2) is 48.2 Å². The molecule has 1 spiro atoms. The van der Waals surface area contributed by atoms with E-state index in [4.69, 9.17) is 9.47 Å². The molecule has 1 aliphatic carbocycles. The summed E-state index contributed by atoms with van der Waals surface area (Å²) < 4.78 is 24.5. The Bertz CT molecular complexity index is 950. The summed E-state index contributed by atoms with van der Waals surface area (Å²) in [5, 5.41) is 5.59. The molecule has 8 nitrogen and oxygen atoms in total. The number of fused-ring (bicyclic) bond motifs is 1. The molecule has 0 unspecified atom stereocenters. The number of carbonyl (C=O) groups is 3. The number of ether oxygens (including phenoxy) is 2. The van der Waals surface area contributed by atoms with E-state index in [0.29, 0.717) is 42.1 Å². The molecule has 2 atom stereocenters. The first-order valence-corrected chi connectivity index (χ1v) is 11.0. The Hall–Kier alpha value is -2.68. The van der Waals surface area contributed by atoms with E-state index in [1.165, 1.54) is 12.1 Å². The van der Waals surface area contributed by atoms with E-state index in [2.05, 4.69) is 31.4 Å². The van der Waals surface area contributed by atoms with Gasteiger partial charge in [0.2, 0.25) is 5.91 Å². The number of hydrogen-bond donors (Lipinski definition) is 2. The zero-order chi connectivity index (χ0) is 23.1. The number of benzene rings is 1. The first-order valence-electron chi connectivity index (χ1n) is 11.0. The second kappa shape index (κ2) is 8.35. The first kappa shape index (κ1) is 22.5. The lowest BCUT2D eigenvalue weighted by atomic mass is 9.64. The van der Waals surface area contributed by atoms with Crippen molar-refractivity contribution in [3.8, 4) is 5.75 Å². The van der Waals surface area contributed by atoms with Crippen molar-refractivity contribution in [2.75, 3.05) is 19.9 Å². The summed E-state index contributed by atoms with van der Waals surface area (Å²) in [5.74, 6) is -0.292. The highest BCUT2D eigenvalue weighted by Crippen LogP contribution is 2.46. The zero-order valence-electron chi connectivity index (χ0n) is 18.8. The van der Waals surface area contributed by atoms with E-state index in [0.717, 1.165) is 11.3 Å². The van der Waals surface area contributed by atoms with E-state index in [9.17, 15) is 18.8 Å². The molecule has 174 valence electrons. The number of hydrogen-bond acceptors (Lipinski definition) is 5. The van der Waals surface area contributed by atoms with Gasteiger partial charge in [-0.3, -0.25) is 14.5 Å². The van der Waals surface area contributed by atoms with Crippen molar-refractivity contribution in [1.82, 2.24) is 15.5 Å². The van der Waals surface area contributed by atoms with Crippen molar-refractivity contribution in [3.05, 3.63) is 29.1 Å². The quantitative estimate of drug-likeness (QED) is 0.676. The molecule has 2 heterocycles. The minimum atomic E-state index is -0.932. The molecule has 0 radical (unpaired) electrons. The Morgan fingerprint density at radius 1 is 1.31 bits per heavy atom. The number of imide groups is 1. The normalized spacial score (nSPS) is 26.5. The molecule has 4 rings (SSSR count). The van der Waals surface area contributed by atoms with Gasteiger partial charge < -0.3 is 20.1 Å². The number of carbonyl (C=O) groups excluding carboxylic acids is 3. The fourth-order valence-electron chi connectivity index (χ4n) is 5.63. The Balaban J connectivity index is 1.35. The van der Waals surface area contributed by atoms with Crippen molar-refractivity contribution in [2.45, 2.75) is 58.6 Å². The number of nitrogens with zero attached hydrogens (tertiary/aromatic N) is 1. The van der Waals surface area contributed by atoms with Crippen LogP contribution in [0.1, 0.15) is 51.2 Å². The lowest BCUT2D eigenvalue weighted by Gasteiger charge is -2.43. The Morgan fingerprint density at radius 3 is 2.84 bits per heavy atom. The van der Waals surface area contributed by atoms with Crippen LogP contribution < -0.4 is 15.4 Å². The summed E-state index contributed by atoms with van der Waals surface area (Å²) in [6, 6.07) is 2.23. The van der Waals surface area contributed by atoms with Gasteiger partial charge in [0.15, 0.2) is 6.79 Å². The van der Waals surface area contributed by atoms with Gasteiger partial charge in [0.25, 0.3) is 5.91 Å². The van der Waals surface area contributed by atoms with Crippen molar-refractivity contribution in [1.29, 1.82) is 0 Å². The molecular weight excluding hydrogens is 417 g/mol. The highest BCUT2D eigenvalue weighted by molar-refractivity contribution is 6.09. The molecule has 32 heavy (non-hydrogen) atoms. The van der Waals surface area contributed by atoms with E-state index >= 15 is 0 Å². The lowest BCUT2D eigenvalue weighted by molar-refractivity contribution is -0.137. The molecule has 2 aliphatic heterocycles. The third kappa shape index (κ3) is 4.44. The predicted molar refractivity (Wildman–Crippen MR) is 113 cm³/mol. The molecule has 1 saturated carbocycles. The van der Waals surface area contributed by atoms with Crippen LogP contribution in [0.4, 0.5) is 9.18 Å². The van der Waals surface area contributed by atoms with Gasteiger partial charge in [-0.05, 0) is 54.7 Å².